The van der Waals surface area contributed by atoms with Gasteiger partial charge in [-0.3, -0.25) is 4.79 Å². The molecule has 0 fully saturated rings. The molecule has 150 valence electrons. The van der Waals surface area contributed by atoms with Crippen LogP contribution in [0.5, 0.6) is 5.75 Å². The summed E-state index contributed by atoms with van der Waals surface area (Å²) in [4.78, 5) is 15.0. The maximum Gasteiger partial charge on any atom is 0.259 e. The number of rotatable bonds is 8. The van der Waals surface area contributed by atoms with Crippen LogP contribution in [0.3, 0.4) is 0 Å². The molecule has 0 aliphatic rings. The van der Waals surface area contributed by atoms with Gasteiger partial charge in [-0.25, -0.2) is 4.39 Å². The molecule has 3 aromatic rings. The summed E-state index contributed by atoms with van der Waals surface area (Å²) in [5.41, 5.74) is 2.66. The van der Waals surface area contributed by atoms with E-state index in [4.69, 9.17) is 4.74 Å². The second-order valence-electron chi connectivity index (χ2n) is 6.55. The summed E-state index contributed by atoms with van der Waals surface area (Å²) in [6.07, 6.45) is 0. The molecule has 3 aromatic carbocycles. The zero-order valence-electron chi connectivity index (χ0n) is 16.7. The van der Waals surface area contributed by atoms with Gasteiger partial charge in [-0.1, -0.05) is 30.3 Å². The zero-order chi connectivity index (χ0) is 20.6. The van der Waals surface area contributed by atoms with Crippen LogP contribution in [-0.2, 0) is 6.61 Å². The van der Waals surface area contributed by atoms with Gasteiger partial charge in [0.25, 0.3) is 5.91 Å². The number of hydrogen-bond acceptors (Lipinski definition) is 3. The van der Waals surface area contributed by atoms with E-state index in [-0.39, 0.29) is 18.3 Å². The Hall–Kier alpha value is -3.34. The van der Waals surface area contributed by atoms with Crippen LogP contribution in [0.2, 0.25) is 0 Å². The number of carbonyl (C=O) groups excluding carboxylic acids is 1. The highest BCUT2D eigenvalue weighted by atomic mass is 19.1. The fourth-order valence-corrected chi connectivity index (χ4v) is 3.09. The number of nitrogens with one attached hydrogen (secondary N) is 1. The van der Waals surface area contributed by atoms with Crippen LogP contribution >= 0.6 is 0 Å². The summed E-state index contributed by atoms with van der Waals surface area (Å²) >= 11 is 0. The van der Waals surface area contributed by atoms with Crippen LogP contribution in [0.4, 0.5) is 15.8 Å². The van der Waals surface area contributed by atoms with Gasteiger partial charge in [0.2, 0.25) is 0 Å². The summed E-state index contributed by atoms with van der Waals surface area (Å²) in [6.45, 7) is 6.12. The molecule has 1 N–H and O–H groups in total. The summed E-state index contributed by atoms with van der Waals surface area (Å²) in [7, 11) is 0. The largest absolute Gasteiger partial charge is 0.488 e. The van der Waals surface area contributed by atoms with Crippen LogP contribution in [-0.4, -0.2) is 19.0 Å². The van der Waals surface area contributed by atoms with E-state index in [1.54, 1.807) is 42.5 Å². The van der Waals surface area contributed by atoms with Gasteiger partial charge in [0.05, 0.1) is 5.56 Å². The lowest BCUT2D eigenvalue weighted by atomic mass is 10.1. The summed E-state index contributed by atoms with van der Waals surface area (Å²) < 4.78 is 19.6. The predicted molar refractivity (Wildman–Crippen MR) is 115 cm³/mol. The fourth-order valence-electron chi connectivity index (χ4n) is 3.09. The zero-order valence-corrected chi connectivity index (χ0v) is 16.7. The number of carbonyl (C=O) groups is 1. The molecule has 4 nitrogen and oxygen atoms in total. The molecule has 0 bridgehead atoms. The number of para-hydroxylation sites is 1. The molecule has 0 atom stereocenters. The molecule has 0 saturated heterocycles. The van der Waals surface area contributed by atoms with Gasteiger partial charge < -0.3 is 15.0 Å². The standard InChI is InChI=1S/C24H25FN2O2/c1-3-27(4-2)20-15-13-19(14-16-20)26-24(28)21-10-6-8-12-23(21)29-17-18-9-5-7-11-22(18)25/h5-16H,3-4,17H2,1-2H3,(H,26,28). The smallest absolute Gasteiger partial charge is 0.259 e. The van der Waals surface area contributed by atoms with E-state index in [9.17, 15) is 9.18 Å². The van der Waals surface area contributed by atoms with E-state index in [0.717, 1.165) is 18.8 Å². The van der Waals surface area contributed by atoms with Crippen LogP contribution in [0.25, 0.3) is 0 Å². The molecule has 0 unspecified atom stereocenters. The van der Waals surface area contributed by atoms with Crippen molar-refractivity contribution in [2.24, 2.45) is 0 Å². The first-order valence-electron chi connectivity index (χ1n) is 9.74. The Morgan fingerprint density at radius 1 is 0.931 bits per heavy atom. The third-order valence-electron chi connectivity index (χ3n) is 4.73. The minimum atomic E-state index is -0.331. The molecule has 1 amide bonds. The van der Waals surface area contributed by atoms with Gasteiger partial charge in [-0.2, -0.15) is 0 Å². The van der Waals surface area contributed by atoms with Gasteiger partial charge in [0, 0.05) is 30.0 Å². The molecule has 0 saturated carbocycles. The number of amides is 1. The van der Waals surface area contributed by atoms with Crippen LogP contribution in [0.1, 0.15) is 29.8 Å². The SMILES string of the molecule is CCN(CC)c1ccc(NC(=O)c2ccccc2OCc2ccccc2F)cc1. The first-order valence-corrected chi connectivity index (χ1v) is 9.74. The molecule has 0 heterocycles. The van der Waals surface area contributed by atoms with Crippen molar-refractivity contribution < 1.29 is 13.9 Å². The summed E-state index contributed by atoms with van der Waals surface area (Å²) in [5, 5.41) is 2.90. The molecular formula is C24H25FN2O2. The number of anilines is 2. The number of halogens is 1. The third kappa shape index (κ3) is 5.13. The van der Waals surface area contributed by atoms with Crippen molar-refractivity contribution in [3.63, 3.8) is 0 Å². The van der Waals surface area contributed by atoms with Crippen molar-refractivity contribution in [3.8, 4) is 5.75 Å². The van der Waals surface area contributed by atoms with Crippen molar-refractivity contribution in [3.05, 3.63) is 89.7 Å². The molecule has 0 radical (unpaired) electrons. The van der Waals surface area contributed by atoms with E-state index in [2.05, 4.69) is 24.1 Å². The monoisotopic (exact) mass is 392 g/mol. The lowest BCUT2D eigenvalue weighted by molar-refractivity contribution is 0.102. The quantitative estimate of drug-likeness (QED) is 0.550. The number of hydrogen-bond donors (Lipinski definition) is 1. The summed E-state index contributed by atoms with van der Waals surface area (Å²) in [6, 6.07) is 21.1. The van der Waals surface area contributed by atoms with Gasteiger partial charge in [-0.15, -0.1) is 0 Å². The molecule has 0 aliphatic heterocycles. The van der Waals surface area contributed by atoms with Gasteiger partial charge in [0.15, 0.2) is 0 Å². The highest BCUT2D eigenvalue weighted by molar-refractivity contribution is 6.06. The van der Waals surface area contributed by atoms with Crippen molar-refractivity contribution in [1.29, 1.82) is 0 Å². The van der Waals surface area contributed by atoms with Crippen molar-refractivity contribution in [2.45, 2.75) is 20.5 Å². The molecule has 0 spiro atoms. The van der Waals surface area contributed by atoms with Gasteiger partial charge in [0.1, 0.15) is 18.2 Å². The number of nitrogens with zero attached hydrogens (tertiary/aromatic N) is 1. The number of benzene rings is 3. The van der Waals surface area contributed by atoms with E-state index >= 15 is 0 Å². The van der Waals surface area contributed by atoms with Crippen molar-refractivity contribution in [2.75, 3.05) is 23.3 Å². The lowest BCUT2D eigenvalue weighted by Gasteiger charge is -2.21. The first-order chi connectivity index (χ1) is 14.1. The minimum Gasteiger partial charge on any atom is -0.488 e. The summed E-state index contributed by atoms with van der Waals surface area (Å²) in [5.74, 6) is -0.194. The van der Waals surface area contributed by atoms with Crippen LogP contribution in [0.15, 0.2) is 72.8 Å². The van der Waals surface area contributed by atoms with Gasteiger partial charge >= 0.3 is 0 Å². The van der Waals surface area contributed by atoms with Gasteiger partial charge in [-0.05, 0) is 56.3 Å². The Morgan fingerprint density at radius 2 is 1.59 bits per heavy atom. The molecule has 5 heteroatoms. The van der Waals surface area contributed by atoms with Crippen LogP contribution in [0, 0.1) is 5.82 Å². The molecule has 0 aliphatic carbocycles. The van der Waals surface area contributed by atoms with Crippen molar-refractivity contribution >= 4 is 17.3 Å². The number of ether oxygens (including phenoxy) is 1. The molecule has 0 aromatic heterocycles. The van der Waals surface area contributed by atoms with Crippen molar-refractivity contribution in [1.82, 2.24) is 0 Å². The Labute approximate surface area is 170 Å². The Balaban J connectivity index is 1.70. The maximum absolute atomic E-state index is 13.8. The molecule has 3 rings (SSSR count). The Bertz CT molecular complexity index is 953. The fraction of sp³-hybridized carbons (Fsp3) is 0.208. The third-order valence-corrected chi connectivity index (χ3v) is 4.73. The van der Waals surface area contributed by atoms with E-state index in [1.165, 1.54) is 6.07 Å². The highest BCUT2D eigenvalue weighted by Crippen LogP contribution is 2.23. The Morgan fingerprint density at radius 3 is 2.28 bits per heavy atom. The Kier molecular flexibility index (Phi) is 6.85. The van der Waals surface area contributed by atoms with E-state index < -0.39 is 0 Å². The molecule has 29 heavy (non-hydrogen) atoms. The average molecular weight is 392 g/mol. The maximum atomic E-state index is 13.8. The second-order valence-corrected chi connectivity index (χ2v) is 6.55. The minimum absolute atomic E-state index is 0.0511. The average Bonchev–Trinajstić information content (AvgIpc) is 2.75. The van der Waals surface area contributed by atoms with Crippen LogP contribution < -0.4 is 15.0 Å². The predicted octanol–water partition coefficient (Wildman–Crippen LogP) is 5.50. The van der Waals surface area contributed by atoms with E-state index in [1.807, 2.05) is 24.3 Å². The second kappa shape index (κ2) is 9.73. The molecular weight excluding hydrogens is 367 g/mol. The van der Waals surface area contributed by atoms with E-state index in [0.29, 0.717) is 22.6 Å². The normalized spacial score (nSPS) is 10.4. The lowest BCUT2D eigenvalue weighted by Crippen LogP contribution is -2.21. The first kappa shape index (κ1) is 20.4. The topological polar surface area (TPSA) is 41.6 Å². The highest BCUT2D eigenvalue weighted by Gasteiger charge is 2.13.